The van der Waals surface area contributed by atoms with Crippen LogP contribution in [0.2, 0.25) is 15.1 Å². The second-order valence-corrected chi connectivity index (χ2v) is 6.65. The lowest BCUT2D eigenvalue weighted by atomic mass is 10.4. The first kappa shape index (κ1) is 16.9. The third kappa shape index (κ3) is 4.76. The maximum atomic E-state index is 12.0. The van der Waals surface area contributed by atoms with Gasteiger partial charge in [-0.3, -0.25) is 0 Å². The van der Waals surface area contributed by atoms with Crippen molar-refractivity contribution in [2.24, 2.45) is 0 Å². The Morgan fingerprint density at radius 2 is 1.75 bits per heavy atom. The van der Waals surface area contributed by atoms with E-state index in [1.807, 2.05) is 5.32 Å². The zero-order valence-corrected chi connectivity index (χ0v) is 12.9. The molecule has 0 radical (unpaired) electrons. The smallest absolute Gasteiger partial charge is 0.405 e. The quantitative estimate of drug-likeness (QED) is 0.816. The third-order valence-electron chi connectivity index (χ3n) is 1.99. The van der Waals surface area contributed by atoms with Crippen LogP contribution in [-0.4, -0.2) is 31.9 Å². The van der Waals surface area contributed by atoms with Crippen LogP contribution in [0.15, 0.2) is 17.0 Å². The fourth-order valence-corrected chi connectivity index (χ4v) is 3.90. The number of halogens is 3. The van der Waals surface area contributed by atoms with E-state index in [1.54, 1.807) is 0 Å². The van der Waals surface area contributed by atoms with Crippen molar-refractivity contribution in [1.29, 1.82) is 0 Å². The summed E-state index contributed by atoms with van der Waals surface area (Å²) in [6.07, 6.45) is -1.24. The van der Waals surface area contributed by atoms with Gasteiger partial charge in [-0.05, 0) is 12.1 Å². The Labute approximate surface area is 130 Å². The Hall–Kier alpha value is -1.13. The van der Waals surface area contributed by atoms with Gasteiger partial charge in [-0.1, -0.05) is 46.6 Å². The van der Waals surface area contributed by atoms with Crippen LogP contribution in [0.5, 0.6) is 0 Å². The molecule has 0 atom stereocenters. The van der Waals surface area contributed by atoms with Gasteiger partial charge in [0.1, 0.15) is 10.6 Å². The van der Waals surface area contributed by atoms with Gasteiger partial charge in [0.05, 0.1) is 16.6 Å². The van der Waals surface area contributed by atoms with Crippen LogP contribution in [0.25, 0.3) is 0 Å². The van der Waals surface area contributed by atoms with Crippen LogP contribution in [0.1, 0.15) is 0 Å². The van der Waals surface area contributed by atoms with Gasteiger partial charge >= 0.3 is 6.09 Å². The summed E-state index contributed by atoms with van der Waals surface area (Å²) in [5.74, 6) is 4.16. The van der Waals surface area contributed by atoms with E-state index in [0.717, 1.165) is 0 Å². The summed E-state index contributed by atoms with van der Waals surface area (Å²) >= 11 is 17.3. The first-order chi connectivity index (χ1) is 9.24. The van der Waals surface area contributed by atoms with E-state index < -0.39 is 21.7 Å². The van der Waals surface area contributed by atoms with E-state index in [1.165, 1.54) is 12.1 Å². The van der Waals surface area contributed by atoms with Gasteiger partial charge in [-0.25, -0.2) is 13.2 Å². The van der Waals surface area contributed by atoms with Crippen LogP contribution >= 0.6 is 34.8 Å². The highest BCUT2D eigenvalue weighted by atomic mass is 35.5. The molecule has 1 aromatic rings. The summed E-state index contributed by atoms with van der Waals surface area (Å²) < 4.78 is 24.1. The summed E-state index contributed by atoms with van der Waals surface area (Å²) in [5, 5.41) is 10.3. The molecule has 0 unspecified atom stereocenters. The summed E-state index contributed by atoms with van der Waals surface area (Å²) in [7, 11) is -3.81. The number of amides is 1. The molecule has 0 aliphatic rings. The molecule has 0 spiro atoms. The Bertz CT molecular complexity index is 668. The first-order valence-electron chi connectivity index (χ1n) is 5.04. The average Bonchev–Trinajstić information content (AvgIpc) is 2.25. The normalized spacial score (nSPS) is 10.6. The van der Waals surface area contributed by atoms with Gasteiger partial charge in [0, 0.05) is 5.02 Å². The fraction of sp³-hybridized carbons (Fsp3) is 0.182. The van der Waals surface area contributed by atoms with Gasteiger partial charge in [-0.15, -0.1) is 0 Å². The molecule has 0 fully saturated rings. The number of sulfone groups is 1. The van der Waals surface area contributed by atoms with Crippen LogP contribution in [0.4, 0.5) is 4.79 Å². The fourth-order valence-electron chi connectivity index (χ4n) is 1.23. The topological polar surface area (TPSA) is 83.5 Å². The zero-order valence-electron chi connectivity index (χ0n) is 9.78. The van der Waals surface area contributed by atoms with E-state index in [9.17, 15) is 13.2 Å². The minimum atomic E-state index is -3.81. The lowest BCUT2D eigenvalue weighted by molar-refractivity contribution is 0.196. The molecule has 2 N–H and O–H groups in total. The molecule has 108 valence electrons. The molecule has 0 aliphatic carbocycles. The molecule has 0 bridgehead atoms. The lowest BCUT2D eigenvalue weighted by Crippen LogP contribution is -2.20. The number of nitrogens with one attached hydrogen (secondary N) is 1. The molecule has 0 aliphatic heterocycles. The standard InChI is InChI=1S/C11H8Cl3NO4S/c12-7-5-8(13)10(9(14)6-7)20(18,19)4-2-1-3-15-11(16)17/h5-6,15H,3-4H2,(H,16,17). The largest absolute Gasteiger partial charge is 0.465 e. The van der Waals surface area contributed by atoms with Crippen molar-refractivity contribution in [3.05, 3.63) is 27.2 Å². The highest BCUT2D eigenvalue weighted by Gasteiger charge is 2.21. The van der Waals surface area contributed by atoms with Crippen molar-refractivity contribution in [2.75, 3.05) is 12.3 Å². The van der Waals surface area contributed by atoms with Gasteiger partial charge in [0.15, 0.2) is 9.84 Å². The van der Waals surface area contributed by atoms with Crippen molar-refractivity contribution in [3.63, 3.8) is 0 Å². The maximum absolute atomic E-state index is 12.0. The van der Waals surface area contributed by atoms with Crippen LogP contribution in [-0.2, 0) is 9.84 Å². The monoisotopic (exact) mass is 355 g/mol. The van der Waals surface area contributed by atoms with Gasteiger partial charge in [0.2, 0.25) is 0 Å². The molecule has 0 aromatic heterocycles. The van der Waals surface area contributed by atoms with E-state index >= 15 is 0 Å². The van der Waals surface area contributed by atoms with Gasteiger partial charge < -0.3 is 10.4 Å². The molecule has 9 heteroatoms. The SMILES string of the molecule is O=C(O)NCC#CCS(=O)(=O)c1c(Cl)cc(Cl)cc1Cl. The summed E-state index contributed by atoms with van der Waals surface area (Å²) in [5.41, 5.74) is 0. The molecular weight excluding hydrogens is 349 g/mol. The Morgan fingerprint density at radius 1 is 1.20 bits per heavy atom. The summed E-state index contributed by atoms with van der Waals surface area (Å²) in [6.45, 7) is -0.174. The molecule has 0 heterocycles. The highest BCUT2D eigenvalue weighted by Crippen LogP contribution is 2.33. The summed E-state index contributed by atoms with van der Waals surface area (Å²) in [4.78, 5) is 9.91. The predicted octanol–water partition coefficient (Wildman–Crippen LogP) is 2.69. The highest BCUT2D eigenvalue weighted by molar-refractivity contribution is 7.91. The number of benzene rings is 1. The van der Waals surface area contributed by atoms with E-state index in [-0.39, 0.29) is 26.5 Å². The van der Waals surface area contributed by atoms with Crippen molar-refractivity contribution in [3.8, 4) is 11.8 Å². The Kier molecular flexibility index (Phi) is 5.96. The predicted molar refractivity (Wildman–Crippen MR) is 77.3 cm³/mol. The Morgan fingerprint density at radius 3 is 2.25 bits per heavy atom. The van der Waals surface area contributed by atoms with Gasteiger partial charge in [0.25, 0.3) is 0 Å². The minimum absolute atomic E-state index is 0.0899. The van der Waals surface area contributed by atoms with Crippen molar-refractivity contribution in [2.45, 2.75) is 4.90 Å². The molecule has 5 nitrogen and oxygen atoms in total. The van der Waals surface area contributed by atoms with Crippen molar-refractivity contribution in [1.82, 2.24) is 5.32 Å². The molecular formula is C11H8Cl3NO4S. The zero-order chi connectivity index (χ0) is 15.3. The van der Waals surface area contributed by atoms with E-state index in [0.29, 0.717) is 0 Å². The number of carbonyl (C=O) groups is 1. The average molecular weight is 357 g/mol. The first-order valence-corrected chi connectivity index (χ1v) is 7.82. The van der Waals surface area contributed by atoms with Crippen molar-refractivity contribution >= 4 is 50.7 Å². The van der Waals surface area contributed by atoms with Crippen molar-refractivity contribution < 1.29 is 18.3 Å². The number of hydrogen-bond acceptors (Lipinski definition) is 3. The minimum Gasteiger partial charge on any atom is -0.465 e. The molecule has 20 heavy (non-hydrogen) atoms. The molecule has 1 aromatic carbocycles. The maximum Gasteiger partial charge on any atom is 0.405 e. The Balaban J connectivity index is 2.93. The van der Waals surface area contributed by atoms with E-state index in [4.69, 9.17) is 39.9 Å². The second-order valence-electron chi connectivity index (χ2n) is 3.47. The summed E-state index contributed by atoms with van der Waals surface area (Å²) in [6, 6.07) is 2.53. The number of carboxylic acid groups (broad SMARTS) is 1. The van der Waals surface area contributed by atoms with Crippen LogP contribution in [0, 0.1) is 11.8 Å². The van der Waals surface area contributed by atoms with E-state index in [2.05, 4.69) is 11.8 Å². The second kappa shape index (κ2) is 7.04. The van der Waals surface area contributed by atoms with Gasteiger partial charge in [-0.2, -0.15) is 0 Å². The van der Waals surface area contributed by atoms with Crippen LogP contribution in [0.3, 0.4) is 0 Å². The number of hydrogen-bond donors (Lipinski definition) is 2. The van der Waals surface area contributed by atoms with Crippen LogP contribution < -0.4 is 5.32 Å². The molecule has 0 saturated heterocycles. The molecule has 0 saturated carbocycles. The molecule has 1 rings (SSSR count). The third-order valence-corrected chi connectivity index (χ3v) is 4.61. The molecule has 1 amide bonds. The number of rotatable bonds is 3. The lowest BCUT2D eigenvalue weighted by Gasteiger charge is -2.06.